The number of anilines is 1. The maximum Gasteiger partial charge on any atom is 0.234 e. The van der Waals surface area contributed by atoms with E-state index >= 15 is 0 Å². The van der Waals surface area contributed by atoms with Gasteiger partial charge in [0.1, 0.15) is 11.6 Å². The highest BCUT2D eigenvalue weighted by Gasteiger charge is 2.15. The van der Waals surface area contributed by atoms with Crippen LogP contribution in [0.5, 0.6) is 5.75 Å². The molecule has 1 amide bonds. The third-order valence-electron chi connectivity index (χ3n) is 5.55. The smallest absolute Gasteiger partial charge is 0.234 e. The van der Waals surface area contributed by atoms with Crippen LogP contribution in [-0.4, -0.2) is 33.0 Å². The zero-order valence-corrected chi connectivity index (χ0v) is 25.1. The van der Waals surface area contributed by atoms with Crippen LogP contribution in [0.4, 0.5) is 5.69 Å². The summed E-state index contributed by atoms with van der Waals surface area (Å²) in [5.41, 5.74) is 4.22. The lowest BCUT2D eigenvalue weighted by Crippen LogP contribution is -2.15. The van der Waals surface area contributed by atoms with Crippen molar-refractivity contribution in [3.63, 3.8) is 0 Å². The Morgan fingerprint density at radius 2 is 1.97 bits per heavy atom. The number of aryl methyl sites for hydroxylation is 3. The molecule has 192 valence electrons. The first-order chi connectivity index (χ1) is 17.2. The van der Waals surface area contributed by atoms with Crippen molar-refractivity contribution in [2.75, 3.05) is 17.7 Å². The number of nitrogens with one attached hydrogen (secondary N) is 1. The molecule has 0 aliphatic heterocycles. The quantitative estimate of drug-likeness (QED) is 0.127. The molecule has 9 heteroatoms. The Morgan fingerprint density at radius 3 is 2.67 bits per heavy atom. The maximum absolute atomic E-state index is 12.5. The Labute approximate surface area is 234 Å². The molecule has 0 saturated heterocycles. The molecule has 1 N–H and O–H groups in total. The molecule has 0 bridgehead atoms. The molecule has 1 aromatic heterocycles. The van der Waals surface area contributed by atoms with Gasteiger partial charge in [0.15, 0.2) is 5.16 Å². The summed E-state index contributed by atoms with van der Waals surface area (Å²) < 4.78 is 10.1. The molecule has 36 heavy (non-hydrogen) atoms. The molecule has 0 atom stereocenters. The minimum Gasteiger partial charge on any atom is -0.493 e. The van der Waals surface area contributed by atoms with E-state index in [-0.39, 0.29) is 11.7 Å². The second-order valence-electron chi connectivity index (χ2n) is 8.86. The molecule has 3 rings (SSSR count). The lowest BCUT2D eigenvalue weighted by Gasteiger charge is -2.15. The zero-order valence-electron chi connectivity index (χ0n) is 21.1. The highest BCUT2D eigenvalue weighted by Crippen LogP contribution is 2.32. The standard InChI is InChI=1S/C27H32Br2N4O2S/c1-6-11-33-25(8-7-12-35-24-15-20(17(2)3)21(28)14-19(24)5)31-32-27(33)36-16-26(34)30-23-10-9-18(4)13-22(23)29/h6,9-10,13-15,17H,1,7-8,11-12,16H2,2-5H3,(H,30,34). The number of allylic oxidation sites excluding steroid dienone is 1. The number of carbonyl (C=O) groups excluding carboxylic acids is 1. The molecule has 1 heterocycles. The first kappa shape index (κ1) is 28.5. The van der Waals surface area contributed by atoms with Gasteiger partial charge in [-0.05, 0) is 83.1 Å². The molecular weight excluding hydrogens is 604 g/mol. The molecule has 0 aliphatic carbocycles. The van der Waals surface area contributed by atoms with Gasteiger partial charge < -0.3 is 14.6 Å². The molecule has 0 unspecified atom stereocenters. The topological polar surface area (TPSA) is 69.0 Å². The minimum absolute atomic E-state index is 0.0988. The number of halogens is 2. The normalized spacial score (nSPS) is 11.1. The molecular formula is C27H32Br2N4O2S. The monoisotopic (exact) mass is 634 g/mol. The number of hydrogen-bond donors (Lipinski definition) is 1. The van der Waals surface area contributed by atoms with E-state index in [2.05, 4.69) is 86.9 Å². The van der Waals surface area contributed by atoms with Gasteiger partial charge in [-0.3, -0.25) is 4.79 Å². The van der Waals surface area contributed by atoms with Crippen LogP contribution in [-0.2, 0) is 17.8 Å². The van der Waals surface area contributed by atoms with Crippen LogP contribution in [0, 0.1) is 13.8 Å². The number of hydrogen-bond acceptors (Lipinski definition) is 5. The minimum atomic E-state index is -0.0988. The Bertz CT molecular complexity index is 1230. The average molecular weight is 636 g/mol. The second-order valence-corrected chi connectivity index (χ2v) is 11.5. The summed E-state index contributed by atoms with van der Waals surface area (Å²) >= 11 is 8.52. The van der Waals surface area contributed by atoms with Crippen LogP contribution in [0.2, 0.25) is 0 Å². The molecule has 0 saturated carbocycles. The van der Waals surface area contributed by atoms with Gasteiger partial charge in [-0.25, -0.2) is 0 Å². The molecule has 0 spiro atoms. The van der Waals surface area contributed by atoms with Crippen LogP contribution in [0.25, 0.3) is 0 Å². The third-order valence-corrected chi connectivity index (χ3v) is 7.86. The SMILES string of the molecule is C=CCn1c(CCCOc2cc(C(C)C)c(Br)cc2C)nnc1SCC(=O)Nc1ccc(C)cc1Br. The Hall–Kier alpha value is -2.10. The Kier molecular flexibility index (Phi) is 10.6. The van der Waals surface area contributed by atoms with Gasteiger partial charge in [-0.2, -0.15) is 0 Å². The fourth-order valence-electron chi connectivity index (χ4n) is 3.64. The van der Waals surface area contributed by atoms with Gasteiger partial charge in [0.05, 0.1) is 18.0 Å². The third kappa shape index (κ3) is 7.70. The number of ether oxygens (including phenoxy) is 1. The van der Waals surface area contributed by atoms with Gasteiger partial charge in [-0.15, -0.1) is 16.8 Å². The average Bonchev–Trinajstić information content (AvgIpc) is 3.19. The first-order valence-corrected chi connectivity index (χ1v) is 14.4. The molecule has 3 aromatic rings. The number of thioether (sulfide) groups is 1. The van der Waals surface area contributed by atoms with Gasteiger partial charge in [-0.1, -0.05) is 53.7 Å². The summed E-state index contributed by atoms with van der Waals surface area (Å²) in [5.74, 6) is 2.32. The number of aromatic nitrogens is 3. The van der Waals surface area contributed by atoms with Crippen molar-refractivity contribution in [3.05, 3.63) is 74.4 Å². The summed E-state index contributed by atoms with van der Waals surface area (Å²) in [5, 5.41) is 12.3. The molecule has 2 aromatic carbocycles. The maximum atomic E-state index is 12.5. The second kappa shape index (κ2) is 13.4. The first-order valence-electron chi connectivity index (χ1n) is 11.8. The number of carbonyl (C=O) groups is 1. The molecule has 0 radical (unpaired) electrons. The number of amides is 1. The number of rotatable bonds is 12. The van der Waals surface area contributed by atoms with Crippen LogP contribution >= 0.6 is 43.6 Å². The fraction of sp³-hybridized carbons (Fsp3) is 0.370. The summed E-state index contributed by atoms with van der Waals surface area (Å²) in [7, 11) is 0. The van der Waals surface area contributed by atoms with E-state index in [0.29, 0.717) is 24.2 Å². The predicted octanol–water partition coefficient (Wildman–Crippen LogP) is 7.47. The van der Waals surface area contributed by atoms with Crippen LogP contribution < -0.4 is 10.1 Å². The molecule has 0 aliphatic rings. The lowest BCUT2D eigenvalue weighted by atomic mass is 10.0. The van der Waals surface area contributed by atoms with E-state index in [1.165, 1.54) is 17.3 Å². The van der Waals surface area contributed by atoms with E-state index < -0.39 is 0 Å². The van der Waals surface area contributed by atoms with Crippen molar-refractivity contribution in [2.24, 2.45) is 0 Å². The lowest BCUT2D eigenvalue weighted by molar-refractivity contribution is -0.113. The van der Waals surface area contributed by atoms with E-state index in [1.807, 2.05) is 35.8 Å². The summed E-state index contributed by atoms with van der Waals surface area (Å²) in [6, 6.07) is 10.1. The number of benzene rings is 2. The van der Waals surface area contributed by atoms with Crippen LogP contribution in [0.15, 0.2) is 57.1 Å². The Morgan fingerprint density at radius 1 is 1.19 bits per heavy atom. The van der Waals surface area contributed by atoms with Crippen molar-refractivity contribution in [3.8, 4) is 5.75 Å². The highest BCUT2D eigenvalue weighted by atomic mass is 79.9. The Balaban J connectivity index is 1.56. The van der Waals surface area contributed by atoms with E-state index in [9.17, 15) is 4.79 Å². The largest absolute Gasteiger partial charge is 0.493 e. The van der Waals surface area contributed by atoms with E-state index in [0.717, 1.165) is 50.2 Å². The highest BCUT2D eigenvalue weighted by molar-refractivity contribution is 9.11. The van der Waals surface area contributed by atoms with Crippen molar-refractivity contribution in [1.29, 1.82) is 0 Å². The fourth-order valence-corrected chi connectivity index (χ4v) is 5.91. The van der Waals surface area contributed by atoms with Crippen molar-refractivity contribution in [2.45, 2.75) is 58.2 Å². The van der Waals surface area contributed by atoms with E-state index in [1.54, 1.807) is 0 Å². The summed E-state index contributed by atoms with van der Waals surface area (Å²) in [6.45, 7) is 13.4. The van der Waals surface area contributed by atoms with Crippen molar-refractivity contribution in [1.82, 2.24) is 14.8 Å². The van der Waals surface area contributed by atoms with Gasteiger partial charge in [0, 0.05) is 21.9 Å². The van der Waals surface area contributed by atoms with Gasteiger partial charge in [0.25, 0.3) is 0 Å². The van der Waals surface area contributed by atoms with Gasteiger partial charge >= 0.3 is 0 Å². The summed E-state index contributed by atoms with van der Waals surface area (Å²) in [6.07, 6.45) is 3.33. The molecule has 6 nitrogen and oxygen atoms in total. The zero-order chi connectivity index (χ0) is 26.2. The number of nitrogens with zero attached hydrogens (tertiary/aromatic N) is 3. The van der Waals surface area contributed by atoms with Gasteiger partial charge in [0.2, 0.25) is 5.91 Å². The van der Waals surface area contributed by atoms with Crippen LogP contribution in [0.1, 0.15) is 48.7 Å². The molecule has 0 fully saturated rings. The summed E-state index contributed by atoms with van der Waals surface area (Å²) in [4.78, 5) is 12.5. The van der Waals surface area contributed by atoms with E-state index in [4.69, 9.17) is 4.74 Å². The van der Waals surface area contributed by atoms with Crippen LogP contribution in [0.3, 0.4) is 0 Å². The predicted molar refractivity (Wildman–Crippen MR) is 155 cm³/mol. The van der Waals surface area contributed by atoms with Crippen molar-refractivity contribution >= 4 is 55.2 Å². The van der Waals surface area contributed by atoms with Crippen molar-refractivity contribution < 1.29 is 9.53 Å².